The lowest BCUT2D eigenvalue weighted by molar-refractivity contribution is 0.566. The molecule has 0 aliphatic heterocycles. The highest BCUT2D eigenvalue weighted by atomic mass is 35.5. The molecule has 106 valence electrons. The highest BCUT2D eigenvalue weighted by molar-refractivity contribution is 6.35. The van der Waals surface area contributed by atoms with Crippen molar-refractivity contribution in [3.8, 4) is 0 Å². The van der Waals surface area contributed by atoms with E-state index in [2.05, 4.69) is 46.8 Å². The van der Waals surface area contributed by atoms with Crippen molar-refractivity contribution in [2.45, 2.75) is 18.4 Å². The van der Waals surface area contributed by atoms with Gasteiger partial charge >= 0.3 is 0 Å². The zero-order chi connectivity index (χ0) is 14.4. The van der Waals surface area contributed by atoms with E-state index >= 15 is 0 Å². The maximum absolute atomic E-state index is 6.29. The zero-order valence-electron chi connectivity index (χ0n) is 11.9. The molecule has 3 aromatic rings. The molecule has 21 heavy (non-hydrogen) atoms. The summed E-state index contributed by atoms with van der Waals surface area (Å²) in [5, 5.41) is 5.46. The van der Waals surface area contributed by atoms with Crippen molar-refractivity contribution in [2.24, 2.45) is 0 Å². The minimum Gasteiger partial charge on any atom is -0.360 e. The molecule has 1 aliphatic carbocycles. The van der Waals surface area contributed by atoms with E-state index in [0.717, 1.165) is 17.0 Å². The molecule has 2 N–H and O–H groups in total. The third-order valence-corrected chi connectivity index (χ3v) is 4.95. The molecule has 0 fully saturated rings. The van der Waals surface area contributed by atoms with Gasteiger partial charge in [0.15, 0.2) is 0 Å². The first-order valence-electron chi connectivity index (χ1n) is 7.31. The zero-order valence-corrected chi connectivity index (χ0v) is 12.6. The molecular weight excluding hydrogens is 280 g/mol. The van der Waals surface area contributed by atoms with E-state index in [-0.39, 0.29) is 0 Å². The number of H-pyrrole nitrogens is 1. The third-order valence-electron chi connectivity index (χ3n) is 4.64. The summed E-state index contributed by atoms with van der Waals surface area (Å²) in [5.41, 5.74) is 5.23. The van der Waals surface area contributed by atoms with Crippen LogP contribution in [0, 0.1) is 0 Å². The molecule has 0 saturated heterocycles. The summed E-state index contributed by atoms with van der Waals surface area (Å²) >= 11 is 6.29. The normalized spacial score (nSPS) is 20.9. The Labute approximate surface area is 129 Å². The number of para-hydroxylation sites is 1. The maximum atomic E-state index is 6.29. The number of hydrogen-bond donors (Lipinski definition) is 2. The average molecular weight is 297 g/mol. The predicted octanol–water partition coefficient (Wildman–Crippen LogP) is 4.62. The second kappa shape index (κ2) is 4.90. The van der Waals surface area contributed by atoms with Gasteiger partial charge in [0.25, 0.3) is 0 Å². The van der Waals surface area contributed by atoms with Crippen molar-refractivity contribution < 1.29 is 0 Å². The first-order valence-corrected chi connectivity index (χ1v) is 7.69. The SMILES string of the molecule is CNC1CC(c2c[nH]c3c(Cl)cccc23)c2ccccc21. The standard InChI is InChI=1S/C18H17ClN2/c1-20-17-9-14(11-5-2-3-6-12(11)17)15-10-21-18-13(15)7-4-8-16(18)19/h2-8,10,14,17,20-21H,9H2,1H3. The van der Waals surface area contributed by atoms with Gasteiger partial charge < -0.3 is 10.3 Å². The van der Waals surface area contributed by atoms with Gasteiger partial charge in [-0.1, -0.05) is 48.0 Å². The summed E-state index contributed by atoms with van der Waals surface area (Å²) < 4.78 is 0. The second-order valence-corrected chi connectivity index (χ2v) is 6.07. The Hall–Kier alpha value is -1.77. The molecule has 2 unspecified atom stereocenters. The maximum Gasteiger partial charge on any atom is 0.0647 e. The molecular formula is C18H17ClN2. The van der Waals surface area contributed by atoms with Gasteiger partial charge in [0.1, 0.15) is 0 Å². The number of benzene rings is 2. The molecule has 1 aromatic heterocycles. The molecule has 0 spiro atoms. The Morgan fingerprint density at radius 2 is 1.86 bits per heavy atom. The van der Waals surface area contributed by atoms with Crippen LogP contribution in [0.3, 0.4) is 0 Å². The first-order chi connectivity index (χ1) is 10.3. The molecule has 0 radical (unpaired) electrons. The van der Waals surface area contributed by atoms with E-state index < -0.39 is 0 Å². The fraction of sp³-hybridized carbons (Fsp3) is 0.222. The van der Waals surface area contributed by atoms with Gasteiger partial charge in [0.05, 0.1) is 10.5 Å². The van der Waals surface area contributed by atoms with Crippen LogP contribution in [0.4, 0.5) is 0 Å². The summed E-state index contributed by atoms with van der Waals surface area (Å²) in [6.07, 6.45) is 3.21. The summed E-state index contributed by atoms with van der Waals surface area (Å²) in [5.74, 6) is 0.422. The molecule has 2 aromatic carbocycles. The Morgan fingerprint density at radius 1 is 1.05 bits per heavy atom. The number of rotatable bonds is 2. The van der Waals surface area contributed by atoms with Crippen LogP contribution in [0.5, 0.6) is 0 Å². The average Bonchev–Trinajstić information content (AvgIpc) is 3.09. The molecule has 2 atom stereocenters. The van der Waals surface area contributed by atoms with Crippen molar-refractivity contribution in [1.82, 2.24) is 10.3 Å². The lowest BCUT2D eigenvalue weighted by Gasteiger charge is -2.11. The van der Waals surface area contributed by atoms with E-state index in [4.69, 9.17) is 11.6 Å². The Balaban J connectivity index is 1.89. The molecule has 4 rings (SSSR count). The number of hydrogen-bond acceptors (Lipinski definition) is 1. The van der Waals surface area contributed by atoms with E-state index in [0.29, 0.717) is 12.0 Å². The van der Waals surface area contributed by atoms with Gasteiger partial charge in [-0.3, -0.25) is 0 Å². The van der Waals surface area contributed by atoms with Crippen LogP contribution in [-0.2, 0) is 0 Å². The lowest BCUT2D eigenvalue weighted by atomic mass is 9.93. The molecule has 3 heteroatoms. The lowest BCUT2D eigenvalue weighted by Crippen LogP contribution is -2.13. The van der Waals surface area contributed by atoms with Crippen LogP contribution in [0.15, 0.2) is 48.7 Å². The van der Waals surface area contributed by atoms with E-state index in [1.807, 2.05) is 19.2 Å². The van der Waals surface area contributed by atoms with Gasteiger partial charge in [-0.2, -0.15) is 0 Å². The van der Waals surface area contributed by atoms with Crippen LogP contribution in [0.1, 0.15) is 35.1 Å². The quantitative estimate of drug-likeness (QED) is 0.710. The Kier molecular flexibility index (Phi) is 3.02. The summed E-state index contributed by atoms with van der Waals surface area (Å²) in [4.78, 5) is 3.34. The molecule has 0 bridgehead atoms. The van der Waals surface area contributed by atoms with E-state index in [1.54, 1.807) is 0 Å². The monoisotopic (exact) mass is 296 g/mol. The predicted molar refractivity (Wildman–Crippen MR) is 88.0 cm³/mol. The van der Waals surface area contributed by atoms with Crippen LogP contribution >= 0.6 is 11.6 Å². The van der Waals surface area contributed by atoms with Gasteiger partial charge in [-0.05, 0) is 36.2 Å². The number of halogens is 1. The highest BCUT2D eigenvalue weighted by Gasteiger charge is 2.32. The molecule has 1 aliphatic rings. The first kappa shape index (κ1) is 12.9. The second-order valence-electron chi connectivity index (χ2n) is 5.66. The Morgan fingerprint density at radius 3 is 2.67 bits per heavy atom. The van der Waals surface area contributed by atoms with E-state index in [1.165, 1.54) is 22.1 Å². The van der Waals surface area contributed by atoms with Crippen molar-refractivity contribution in [1.29, 1.82) is 0 Å². The summed E-state index contributed by atoms with van der Waals surface area (Å²) in [7, 11) is 2.04. The minimum atomic E-state index is 0.422. The smallest absolute Gasteiger partial charge is 0.0647 e. The molecule has 2 nitrogen and oxygen atoms in total. The number of aromatic amines is 1. The molecule has 1 heterocycles. The number of nitrogens with one attached hydrogen (secondary N) is 2. The van der Waals surface area contributed by atoms with Crippen LogP contribution in [-0.4, -0.2) is 12.0 Å². The van der Waals surface area contributed by atoms with Crippen LogP contribution < -0.4 is 5.32 Å². The van der Waals surface area contributed by atoms with Crippen molar-refractivity contribution in [3.63, 3.8) is 0 Å². The highest BCUT2D eigenvalue weighted by Crippen LogP contribution is 2.46. The fourth-order valence-electron chi connectivity index (χ4n) is 3.63. The molecule has 0 saturated carbocycles. The Bertz CT molecular complexity index is 806. The number of aromatic nitrogens is 1. The van der Waals surface area contributed by atoms with Crippen molar-refractivity contribution in [2.75, 3.05) is 7.05 Å². The van der Waals surface area contributed by atoms with Gasteiger partial charge in [0.2, 0.25) is 0 Å². The summed E-state index contributed by atoms with van der Waals surface area (Å²) in [6.45, 7) is 0. The fourth-order valence-corrected chi connectivity index (χ4v) is 3.86. The number of fused-ring (bicyclic) bond motifs is 2. The van der Waals surface area contributed by atoms with Crippen molar-refractivity contribution in [3.05, 3.63) is 70.4 Å². The van der Waals surface area contributed by atoms with Gasteiger partial charge in [-0.25, -0.2) is 0 Å². The third kappa shape index (κ3) is 1.90. The minimum absolute atomic E-state index is 0.422. The molecule has 0 amide bonds. The topological polar surface area (TPSA) is 27.8 Å². The van der Waals surface area contributed by atoms with Gasteiger partial charge in [0, 0.05) is 23.5 Å². The van der Waals surface area contributed by atoms with Crippen LogP contribution in [0.2, 0.25) is 5.02 Å². The summed E-state index contributed by atoms with van der Waals surface area (Å²) in [6, 6.07) is 15.3. The van der Waals surface area contributed by atoms with Gasteiger partial charge in [-0.15, -0.1) is 0 Å². The van der Waals surface area contributed by atoms with Crippen LogP contribution in [0.25, 0.3) is 10.9 Å². The van der Waals surface area contributed by atoms with Crippen molar-refractivity contribution >= 4 is 22.5 Å². The largest absolute Gasteiger partial charge is 0.360 e. The van der Waals surface area contributed by atoms with E-state index in [9.17, 15) is 0 Å².